The summed E-state index contributed by atoms with van der Waals surface area (Å²) in [4.78, 5) is 35.6. The van der Waals surface area contributed by atoms with Gasteiger partial charge < -0.3 is 16.0 Å². The van der Waals surface area contributed by atoms with E-state index >= 15 is 0 Å². The van der Waals surface area contributed by atoms with E-state index in [0.29, 0.717) is 22.6 Å². The lowest BCUT2D eigenvalue weighted by molar-refractivity contribution is -0.120. The molecule has 0 unspecified atom stereocenters. The fourth-order valence-corrected chi connectivity index (χ4v) is 2.69. The number of hydrogen-bond acceptors (Lipinski definition) is 3. The van der Waals surface area contributed by atoms with Crippen molar-refractivity contribution in [3.63, 3.8) is 0 Å². The molecule has 0 saturated carbocycles. The van der Waals surface area contributed by atoms with Gasteiger partial charge in [-0.25, -0.2) is 0 Å². The highest BCUT2D eigenvalue weighted by Gasteiger charge is 2.14. The van der Waals surface area contributed by atoms with E-state index in [1.54, 1.807) is 48.5 Å². The van der Waals surface area contributed by atoms with Crippen LogP contribution in [0.2, 0.25) is 0 Å². The SMILES string of the molecule is CCC(CC)C(=O)Nc1ccc(C(=O)Nc2cccc(NC(C)=O)c2)cc1. The van der Waals surface area contributed by atoms with E-state index < -0.39 is 0 Å². The lowest BCUT2D eigenvalue weighted by Gasteiger charge is -2.13. The van der Waals surface area contributed by atoms with E-state index in [2.05, 4.69) is 16.0 Å². The lowest BCUT2D eigenvalue weighted by atomic mass is 10.0. The average molecular weight is 367 g/mol. The van der Waals surface area contributed by atoms with Crippen LogP contribution in [-0.2, 0) is 9.59 Å². The van der Waals surface area contributed by atoms with Crippen molar-refractivity contribution in [1.82, 2.24) is 0 Å². The van der Waals surface area contributed by atoms with E-state index in [0.717, 1.165) is 12.8 Å². The molecule has 0 saturated heterocycles. The minimum atomic E-state index is -0.271. The van der Waals surface area contributed by atoms with Gasteiger partial charge in [0.15, 0.2) is 0 Å². The third-order valence-electron chi connectivity index (χ3n) is 4.21. The summed E-state index contributed by atoms with van der Waals surface area (Å²) in [5.74, 6) is -0.465. The van der Waals surface area contributed by atoms with E-state index in [-0.39, 0.29) is 23.6 Å². The minimum Gasteiger partial charge on any atom is -0.326 e. The average Bonchev–Trinajstić information content (AvgIpc) is 2.63. The molecule has 0 atom stereocenters. The third-order valence-corrected chi connectivity index (χ3v) is 4.21. The van der Waals surface area contributed by atoms with Crippen molar-refractivity contribution in [1.29, 1.82) is 0 Å². The van der Waals surface area contributed by atoms with Crippen LogP contribution in [0, 0.1) is 5.92 Å². The monoisotopic (exact) mass is 367 g/mol. The maximum atomic E-state index is 12.4. The first-order chi connectivity index (χ1) is 12.9. The maximum absolute atomic E-state index is 12.4. The van der Waals surface area contributed by atoms with Crippen LogP contribution in [0.4, 0.5) is 17.1 Å². The van der Waals surface area contributed by atoms with Gasteiger partial charge in [0.25, 0.3) is 5.91 Å². The Morgan fingerprint density at radius 2 is 1.41 bits per heavy atom. The quantitative estimate of drug-likeness (QED) is 0.683. The fraction of sp³-hybridized carbons (Fsp3) is 0.286. The lowest BCUT2D eigenvalue weighted by Crippen LogP contribution is -2.21. The van der Waals surface area contributed by atoms with Gasteiger partial charge in [0, 0.05) is 35.5 Å². The van der Waals surface area contributed by atoms with Crippen molar-refractivity contribution in [2.45, 2.75) is 33.6 Å². The van der Waals surface area contributed by atoms with Crippen LogP contribution < -0.4 is 16.0 Å². The number of hydrogen-bond donors (Lipinski definition) is 3. The van der Waals surface area contributed by atoms with Gasteiger partial charge in [-0.05, 0) is 55.3 Å². The molecule has 0 heterocycles. The number of anilines is 3. The van der Waals surface area contributed by atoms with Gasteiger partial charge in [0.05, 0.1) is 0 Å². The highest BCUT2D eigenvalue weighted by Crippen LogP contribution is 2.18. The van der Waals surface area contributed by atoms with Gasteiger partial charge in [-0.1, -0.05) is 19.9 Å². The maximum Gasteiger partial charge on any atom is 0.255 e. The zero-order chi connectivity index (χ0) is 19.8. The summed E-state index contributed by atoms with van der Waals surface area (Å²) in [5.41, 5.74) is 2.33. The molecule has 0 aromatic heterocycles. The molecule has 0 aliphatic carbocycles. The van der Waals surface area contributed by atoms with Crippen LogP contribution in [0.1, 0.15) is 44.0 Å². The molecule has 2 aromatic carbocycles. The second-order valence-corrected chi connectivity index (χ2v) is 6.30. The minimum absolute atomic E-state index is 0.00742. The molecule has 27 heavy (non-hydrogen) atoms. The molecule has 0 aliphatic heterocycles. The molecule has 3 N–H and O–H groups in total. The molecule has 6 heteroatoms. The van der Waals surface area contributed by atoms with Crippen molar-refractivity contribution >= 4 is 34.8 Å². The largest absolute Gasteiger partial charge is 0.326 e. The molecular weight excluding hydrogens is 342 g/mol. The number of carbonyl (C=O) groups is 3. The summed E-state index contributed by atoms with van der Waals surface area (Å²) >= 11 is 0. The molecular formula is C21H25N3O3. The number of carbonyl (C=O) groups excluding carboxylic acids is 3. The number of benzene rings is 2. The molecule has 0 bridgehead atoms. The van der Waals surface area contributed by atoms with Gasteiger partial charge in [-0.15, -0.1) is 0 Å². The fourth-order valence-electron chi connectivity index (χ4n) is 2.69. The van der Waals surface area contributed by atoms with Crippen molar-refractivity contribution in [2.24, 2.45) is 5.92 Å². The summed E-state index contributed by atoms with van der Waals surface area (Å²) < 4.78 is 0. The Bertz CT molecular complexity index is 812. The summed E-state index contributed by atoms with van der Waals surface area (Å²) in [7, 11) is 0. The van der Waals surface area contributed by atoms with Crippen molar-refractivity contribution in [3.05, 3.63) is 54.1 Å². The number of rotatable bonds is 7. The predicted octanol–water partition coefficient (Wildman–Crippen LogP) is 4.27. The molecule has 2 rings (SSSR count). The molecule has 0 fully saturated rings. The predicted molar refractivity (Wildman–Crippen MR) is 108 cm³/mol. The molecule has 0 aliphatic rings. The van der Waals surface area contributed by atoms with Crippen LogP contribution in [0.15, 0.2) is 48.5 Å². The van der Waals surface area contributed by atoms with Gasteiger partial charge in [0.1, 0.15) is 0 Å². The van der Waals surface area contributed by atoms with Gasteiger partial charge in [-0.2, -0.15) is 0 Å². The van der Waals surface area contributed by atoms with Crippen molar-refractivity contribution < 1.29 is 14.4 Å². The van der Waals surface area contributed by atoms with E-state index in [1.165, 1.54) is 6.92 Å². The van der Waals surface area contributed by atoms with Gasteiger partial charge in [-0.3, -0.25) is 14.4 Å². The highest BCUT2D eigenvalue weighted by molar-refractivity contribution is 6.05. The van der Waals surface area contributed by atoms with Crippen LogP contribution in [-0.4, -0.2) is 17.7 Å². The van der Waals surface area contributed by atoms with Crippen LogP contribution >= 0.6 is 0 Å². The normalized spacial score (nSPS) is 10.4. The summed E-state index contributed by atoms with van der Waals surface area (Å²) in [6.07, 6.45) is 1.58. The Morgan fingerprint density at radius 1 is 0.815 bits per heavy atom. The van der Waals surface area contributed by atoms with Gasteiger partial charge >= 0.3 is 0 Å². The molecule has 0 radical (unpaired) electrons. The van der Waals surface area contributed by atoms with Crippen LogP contribution in [0.5, 0.6) is 0 Å². The Hall–Kier alpha value is -3.15. The second-order valence-electron chi connectivity index (χ2n) is 6.30. The Labute approximate surface area is 159 Å². The molecule has 0 spiro atoms. The molecule has 142 valence electrons. The van der Waals surface area contributed by atoms with Crippen molar-refractivity contribution in [3.8, 4) is 0 Å². The van der Waals surface area contributed by atoms with Crippen LogP contribution in [0.3, 0.4) is 0 Å². The van der Waals surface area contributed by atoms with E-state index in [1.807, 2.05) is 13.8 Å². The van der Waals surface area contributed by atoms with E-state index in [4.69, 9.17) is 0 Å². The first-order valence-electron chi connectivity index (χ1n) is 9.02. The van der Waals surface area contributed by atoms with Gasteiger partial charge in [0.2, 0.25) is 11.8 Å². The third kappa shape index (κ3) is 5.95. The smallest absolute Gasteiger partial charge is 0.255 e. The zero-order valence-electron chi connectivity index (χ0n) is 15.8. The highest BCUT2D eigenvalue weighted by atomic mass is 16.2. The Kier molecular flexibility index (Phi) is 7.11. The zero-order valence-corrected chi connectivity index (χ0v) is 15.8. The molecule has 3 amide bonds. The van der Waals surface area contributed by atoms with Crippen LogP contribution in [0.25, 0.3) is 0 Å². The Morgan fingerprint density at radius 3 is 1.96 bits per heavy atom. The summed E-state index contributed by atoms with van der Waals surface area (Å²) in [6, 6.07) is 13.7. The topological polar surface area (TPSA) is 87.3 Å². The summed E-state index contributed by atoms with van der Waals surface area (Å²) in [5, 5.41) is 8.34. The first-order valence-corrected chi connectivity index (χ1v) is 9.02. The molecule has 2 aromatic rings. The number of nitrogens with one attached hydrogen (secondary N) is 3. The molecule has 6 nitrogen and oxygen atoms in total. The standard InChI is InChI=1S/C21H25N3O3/c1-4-15(5-2)20(26)23-17-11-9-16(10-12-17)21(27)24-19-8-6-7-18(13-19)22-14(3)25/h6-13,15H,4-5H2,1-3H3,(H,22,25)(H,23,26)(H,24,27). The summed E-state index contributed by atoms with van der Waals surface area (Å²) in [6.45, 7) is 5.40. The number of amides is 3. The second kappa shape index (κ2) is 9.52. The van der Waals surface area contributed by atoms with E-state index in [9.17, 15) is 14.4 Å². The Balaban J connectivity index is 2.01. The first kappa shape index (κ1) is 20.2. The van der Waals surface area contributed by atoms with Crippen molar-refractivity contribution in [2.75, 3.05) is 16.0 Å².